The molecular weight excluding hydrogens is 376 g/mol. The summed E-state index contributed by atoms with van der Waals surface area (Å²) in [4.78, 5) is 22.4. The second-order valence-corrected chi connectivity index (χ2v) is 7.74. The van der Waals surface area contributed by atoms with Crippen LogP contribution in [0.25, 0.3) is 10.8 Å². The molecule has 1 aromatic heterocycles. The van der Waals surface area contributed by atoms with Crippen LogP contribution in [0.2, 0.25) is 0 Å². The molecule has 0 spiro atoms. The Labute approximate surface area is 176 Å². The highest BCUT2D eigenvalue weighted by Crippen LogP contribution is 2.48. The van der Waals surface area contributed by atoms with Crippen molar-refractivity contribution in [2.75, 3.05) is 6.61 Å². The van der Waals surface area contributed by atoms with E-state index in [4.69, 9.17) is 14.5 Å². The van der Waals surface area contributed by atoms with E-state index in [0.717, 1.165) is 33.3 Å². The van der Waals surface area contributed by atoms with Gasteiger partial charge >= 0.3 is 5.97 Å². The lowest BCUT2D eigenvalue weighted by atomic mass is 9.75. The van der Waals surface area contributed by atoms with Crippen molar-refractivity contribution in [2.24, 2.45) is 10.9 Å². The first-order valence-electron chi connectivity index (χ1n) is 10.4. The molecule has 4 rings (SSSR count). The molecule has 2 atom stereocenters. The van der Waals surface area contributed by atoms with Crippen LogP contribution in [0, 0.1) is 5.92 Å². The maximum Gasteiger partial charge on any atom is 0.315 e. The van der Waals surface area contributed by atoms with Gasteiger partial charge in [0, 0.05) is 23.4 Å². The van der Waals surface area contributed by atoms with Crippen LogP contribution in [0.1, 0.15) is 44.7 Å². The Kier molecular flexibility index (Phi) is 5.53. The standard InChI is InChI=1S/C25H26N2O3/c1-5-29-25(28)21-16(4)27-20-13-14-26-24(30-15(2)3)23(20)22(21)19-12-8-10-17-9-6-7-11-18(17)19/h6-15,21-22H,5H2,1-4H3. The van der Waals surface area contributed by atoms with E-state index in [0.29, 0.717) is 12.5 Å². The Hall–Kier alpha value is -3.21. The van der Waals surface area contributed by atoms with E-state index in [2.05, 4.69) is 29.2 Å². The van der Waals surface area contributed by atoms with Gasteiger partial charge in [0.1, 0.15) is 5.92 Å². The summed E-state index contributed by atoms with van der Waals surface area (Å²) in [5.74, 6) is -0.597. The van der Waals surface area contributed by atoms with Crippen LogP contribution in [0.5, 0.6) is 5.88 Å². The van der Waals surface area contributed by atoms with Gasteiger partial charge in [0.05, 0.1) is 18.4 Å². The first kappa shape index (κ1) is 20.1. The SMILES string of the molecule is CCOC(=O)C1C(C)=Nc2ccnc(OC(C)C)c2C1c1cccc2ccccc12. The molecule has 0 radical (unpaired) electrons. The van der Waals surface area contributed by atoms with Crippen molar-refractivity contribution in [1.29, 1.82) is 0 Å². The summed E-state index contributed by atoms with van der Waals surface area (Å²) >= 11 is 0. The van der Waals surface area contributed by atoms with Crippen molar-refractivity contribution in [3.05, 3.63) is 65.9 Å². The molecule has 30 heavy (non-hydrogen) atoms. The number of aliphatic imine (C=N–C) groups is 1. The van der Waals surface area contributed by atoms with Crippen molar-refractivity contribution >= 4 is 28.1 Å². The molecule has 2 unspecified atom stereocenters. The fraction of sp³-hybridized carbons (Fsp3) is 0.320. The van der Waals surface area contributed by atoms with Crippen molar-refractivity contribution in [2.45, 2.75) is 39.7 Å². The van der Waals surface area contributed by atoms with E-state index in [1.807, 2.05) is 52.0 Å². The van der Waals surface area contributed by atoms with E-state index in [-0.39, 0.29) is 18.0 Å². The minimum Gasteiger partial charge on any atom is -0.475 e. The van der Waals surface area contributed by atoms with Crippen molar-refractivity contribution in [1.82, 2.24) is 4.98 Å². The predicted molar refractivity (Wildman–Crippen MR) is 119 cm³/mol. The van der Waals surface area contributed by atoms with E-state index in [1.165, 1.54) is 0 Å². The van der Waals surface area contributed by atoms with Gasteiger partial charge in [-0.05, 0) is 50.1 Å². The number of aromatic nitrogens is 1. The summed E-state index contributed by atoms with van der Waals surface area (Å²) in [6.45, 7) is 7.97. The van der Waals surface area contributed by atoms with E-state index >= 15 is 0 Å². The minimum absolute atomic E-state index is 0.0507. The molecule has 1 aliphatic rings. The lowest BCUT2D eigenvalue weighted by molar-refractivity contribution is -0.146. The summed E-state index contributed by atoms with van der Waals surface area (Å²) < 4.78 is 11.5. The number of pyridine rings is 1. The fourth-order valence-corrected chi connectivity index (χ4v) is 4.21. The molecule has 1 aliphatic heterocycles. The average molecular weight is 402 g/mol. The van der Waals surface area contributed by atoms with Crippen LogP contribution in [0.3, 0.4) is 0 Å². The van der Waals surface area contributed by atoms with Gasteiger partial charge in [-0.2, -0.15) is 0 Å². The van der Waals surface area contributed by atoms with Gasteiger partial charge in [-0.25, -0.2) is 4.98 Å². The lowest BCUT2D eigenvalue weighted by Gasteiger charge is -2.32. The monoisotopic (exact) mass is 402 g/mol. The Morgan fingerprint density at radius 2 is 1.87 bits per heavy atom. The number of ether oxygens (including phenoxy) is 2. The van der Waals surface area contributed by atoms with Crippen LogP contribution < -0.4 is 4.74 Å². The molecule has 0 saturated carbocycles. The summed E-state index contributed by atoms with van der Waals surface area (Å²) in [5.41, 5.74) is 3.41. The molecule has 154 valence electrons. The Balaban J connectivity index is 2.01. The normalized spacial score (nSPS) is 18.1. The highest BCUT2D eigenvalue weighted by molar-refractivity contribution is 6.06. The zero-order chi connectivity index (χ0) is 21.3. The largest absolute Gasteiger partial charge is 0.475 e. The zero-order valence-corrected chi connectivity index (χ0v) is 17.8. The molecule has 0 fully saturated rings. The average Bonchev–Trinajstić information content (AvgIpc) is 2.72. The number of esters is 1. The molecule has 5 heteroatoms. The first-order chi connectivity index (χ1) is 14.5. The smallest absolute Gasteiger partial charge is 0.315 e. The van der Waals surface area contributed by atoms with Crippen LogP contribution >= 0.6 is 0 Å². The number of carbonyl (C=O) groups is 1. The third-order valence-corrected chi connectivity index (χ3v) is 5.37. The van der Waals surface area contributed by atoms with Crippen LogP contribution in [-0.4, -0.2) is 29.4 Å². The first-order valence-corrected chi connectivity index (χ1v) is 10.4. The Morgan fingerprint density at radius 1 is 1.10 bits per heavy atom. The van der Waals surface area contributed by atoms with Crippen LogP contribution in [0.4, 0.5) is 5.69 Å². The second-order valence-electron chi connectivity index (χ2n) is 7.74. The van der Waals surface area contributed by atoms with E-state index in [1.54, 1.807) is 6.20 Å². The van der Waals surface area contributed by atoms with E-state index in [9.17, 15) is 4.79 Å². The molecule has 0 amide bonds. The van der Waals surface area contributed by atoms with Gasteiger partial charge < -0.3 is 9.47 Å². The molecule has 0 saturated heterocycles. The van der Waals surface area contributed by atoms with Crippen LogP contribution in [0.15, 0.2) is 59.7 Å². The second kappa shape index (κ2) is 8.27. The number of hydrogen-bond acceptors (Lipinski definition) is 5. The number of benzene rings is 2. The van der Waals surface area contributed by atoms with Gasteiger partial charge in [0.15, 0.2) is 0 Å². The maximum atomic E-state index is 13.1. The lowest BCUT2D eigenvalue weighted by Crippen LogP contribution is -2.34. The minimum atomic E-state index is -0.540. The third kappa shape index (κ3) is 3.56. The van der Waals surface area contributed by atoms with Crippen molar-refractivity contribution in [3.63, 3.8) is 0 Å². The quantitative estimate of drug-likeness (QED) is 0.533. The number of nitrogens with zero attached hydrogens (tertiary/aromatic N) is 2. The number of carbonyl (C=O) groups excluding carboxylic acids is 1. The summed E-state index contributed by atoms with van der Waals surface area (Å²) in [6.07, 6.45) is 1.66. The molecule has 3 aromatic rings. The molecule has 2 heterocycles. The van der Waals surface area contributed by atoms with Gasteiger partial charge in [0.2, 0.25) is 5.88 Å². The Morgan fingerprint density at radius 3 is 2.63 bits per heavy atom. The van der Waals surface area contributed by atoms with Crippen molar-refractivity contribution in [3.8, 4) is 5.88 Å². The number of hydrogen-bond donors (Lipinski definition) is 0. The molecule has 0 bridgehead atoms. The maximum absolute atomic E-state index is 13.1. The number of rotatable bonds is 5. The summed E-state index contributed by atoms with van der Waals surface area (Å²) in [6, 6.07) is 16.3. The van der Waals surface area contributed by atoms with E-state index < -0.39 is 5.92 Å². The van der Waals surface area contributed by atoms with Gasteiger partial charge in [0.25, 0.3) is 0 Å². The van der Waals surface area contributed by atoms with Crippen molar-refractivity contribution < 1.29 is 14.3 Å². The summed E-state index contributed by atoms with van der Waals surface area (Å²) in [5, 5.41) is 2.22. The van der Waals surface area contributed by atoms with Crippen LogP contribution in [-0.2, 0) is 9.53 Å². The fourth-order valence-electron chi connectivity index (χ4n) is 4.21. The third-order valence-electron chi connectivity index (χ3n) is 5.37. The highest BCUT2D eigenvalue weighted by atomic mass is 16.5. The number of fused-ring (bicyclic) bond motifs is 2. The van der Waals surface area contributed by atoms with Gasteiger partial charge in [-0.1, -0.05) is 42.5 Å². The summed E-state index contributed by atoms with van der Waals surface area (Å²) in [7, 11) is 0. The molecule has 0 N–H and O–H groups in total. The molecule has 2 aromatic carbocycles. The molecular formula is C25H26N2O3. The van der Waals surface area contributed by atoms with Gasteiger partial charge in [-0.3, -0.25) is 9.79 Å². The molecule has 0 aliphatic carbocycles. The predicted octanol–water partition coefficient (Wildman–Crippen LogP) is 5.44. The molecule has 5 nitrogen and oxygen atoms in total. The van der Waals surface area contributed by atoms with Gasteiger partial charge in [-0.15, -0.1) is 0 Å². The zero-order valence-electron chi connectivity index (χ0n) is 17.8. The topological polar surface area (TPSA) is 60.8 Å². The highest BCUT2D eigenvalue weighted by Gasteiger charge is 2.41. The Bertz CT molecular complexity index is 1120.